The molecule has 1 aromatic rings. The summed E-state index contributed by atoms with van der Waals surface area (Å²) in [5.74, 6) is 0.864. The maximum Gasteiger partial charge on any atom is 0.126 e. The van der Waals surface area contributed by atoms with E-state index < -0.39 is 6.17 Å². The number of anilines is 1. The molecule has 1 saturated heterocycles. The van der Waals surface area contributed by atoms with Gasteiger partial charge in [-0.15, -0.1) is 0 Å². The molecule has 1 N–H and O–H groups in total. The standard InChI is InChI=1S/C11H16FN3/c1-13-11-4-2-3-10(14-11)8-15-6-5-9(12)7-15/h2-4,9H,5-8H2,1H3,(H,13,14). The number of hydrogen-bond donors (Lipinski definition) is 1. The van der Waals surface area contributed by atoms with E-state index >= 15 is 0 Å². The van der Waals surface area contributed by atoms with Gasteiger partial charge in [-0.05, 0) is 18.6 Å². The molecule has 0 spiro atoms. The zero-order chi connectivity index (χ0) is 10.7. The zero-order valence-corrected chi connectivity index (χ0v) is 8.91. The van der Waals surface area contributed by atoms with Crippen molar-refractivity contribution < 1.29 is 4.39 Å². The Kier molecular flexibility index (Phi) is 3.16. The van der Waals surface area contributed by atoms with E-state index in [1.165, 1.54) is 0 Å². The van der Waals surface area contributed by atoms with Crippen molar-refractivity contribution in [3.05, 3.63) is 23.9 Å². The van der Waals surface area contributed by atoms with E-state index in [4.69, 9.17) is 0 Å². The third kappa shape index (κ3) is 2.65. The number of nitrogens with zero attached hydrogens (tertiary/aromatic N) is 2. The fourth-order valence-corrected chi connectivity index (χ4v) is 1.86. The first-order chi connectivity index (χ1) is 7.28. The average Bonchev–Trinajstić information content (AvgIpc) is 2.64. The molecule has 0 aromatic carbocycles. The van der Waals surface area contributed by atoms with Gasteiger partial charge in [-0.3, -0.25) is 4.90 Å². The van der Waals surface area contributed by atoms with Gasteiger partial charge in [0.1, 0.15) is 12.0 Å². The molecule has 0 radical (unpaired) electrons. The van der Waals surface area contributed by atoms with Crippen LogP contribution in [0.4, 0.5) is 10.2 Å². The van der Waals surface area contributed by atoms with Gasteiger partial charge in [0.15, 0.2) is 0 Å². The number of halogens is 1. The summed E-state index contributed by atoms with van der Waals surface area (Å²) in [4.78, 5) is 6.51. The average molecular weight is 209 g/mol. The second-order valence-electron chi connectivity index (χ2n) is 3.89. The second kappa shape index (κ2) is 4.57. The fraction of sp³-hybridized carbons (Fsp3) is 0.545. The first-order valence-electron chi connectivity index (χ1n) is 5.28. The minimum atomic E-state index is -0.655. The van der Waals surface area contributed by atoms with Crippen molar-refractivity contribution in [3.8, 4) is 0 Å². The van der Waals surface area contributed by atoms with Crippen LogP contribution in [0.2, 0.25) is 0 Å². The summed E-state index contributed by atoms with van der Waals surface area (Å²) in [5.41, 5.74) is 0.996. The predicted molar refractivity (Wildman–Crippen MR) is 58.6 cm³/mol. The highest BCUT2D eigenvalue weighted by Crippen LogP contribution is 2.15. The molecule has 15 heavy (non-hydrogen) atoms. The number of hydrogen-bond acceptors (Lipinski definition) is 3. The number of rotatable bonds is 3. The summed E-state index contributed by atoms with van der Waals surface area (Å²) in [6, 6.07) is 5.87. The van der Waals surface area contributed by atoms with Crippen LogP contribution in [0.25, 0.3) is 0 Å². The highest BCUT2D eigenvalue weighted by Gasteiger charge is 2.21. The quantitative estimate of drug-likeness (QED) is 0.820. The normalized spacial score (nSPS) is 21.9. The van der Waals surface area contributed by atoms with Crippen molar-refractivity contribution >= 4 is 5.82 Å². The molecule has 82 valence electrons. The van der Waals surface area contributed by atoms with Gasteiger partial charge in [0.2, 0.25) is 0 Å². The summed E-state index contributed by atoms with van der Waals surface area (Å²) in [7, 11) is 1.85. The Balaban J connectivity index is 1.98. The van der Waals surface area contributed by atoms with Crippen LogP contribution in [0.1, 0.15) is 12.1 Å². The maximum atomic E-state index is 12.9. The smallest absolute Gasteiger partial charge is 0.126 e. The molecule has 2 rings (SSSR count). The van der Waals surface area contributed by atoms with Gasteiger partial charge >= 0.3 is 0 Å². The third-order valence-electron chi connectivity index (χ3n) is 2.66. The lowest BCUT2D eigenvalue weighted by molar-refractivity contribution is 0.280. The topological polar surface area (TPSA) is 28.2 Å². The van der Waals surface area contributed by atoms with E-state index in [1.807, 2.05) is 25.2 Å². The molecule has 1 fully saturated rings. The van der Waals surface area contributed by atoms with E-state index in [9.17, 15) is 4.39 Å². The molecule has 0 bridgehead atoms. The van der Waals surface area contributed by atoms with Crippen LogP contribution in [0.5, 0.6) is 0 Å². The number of alkyl halides is 1. The molecule has 1 atom stereocenters. The Bertz CT molecular complexity index is 329. The predicted octanol–water partition coefficient (Wildman–Crippen LogP) is 1.67. The number of pyridine rings is 1. The van der Waals surface area contributed by atoms with Crippen LogP contribution in [0, 0.1) is 0 Å². The van der Waals surface area contributed by atoms with Crippen molar-refractivity contribution in [2.75, 3.05) is 25.5 Å². The molecule has 0 amide bonds. The first-order valence-corrected chi connectivity index (χ1v) is 5.28. The Morgan fingerprint density at radius 1 is 1.60 bits per heavy atom. The van der Waals surface area contributed by atoms with Crippen molar-refractivity contribution in [1.82, 2.24) is 9.88 Å². The van der Waals surface area contributed by atoms with Crippen molar-refractivity contribution in [1.29, 1.82) is 0 Å². The molecule has 4 heteroatoms. The van der Waals surface area contributed by atoms with Gasteiger partial charge in [-0.2, -0.15) is 0 Å². The maximum absolute atomic E-state index is 12.9. The minimum absolute atomic E-state index is 0.547. The SMILES string of the molecule is CNc1cccc(CN2CCC(F)C2)n1. The number of aromatic nitrogens is 1. The van der Waals surface area contributed by atoms with Crippen LogP contribution in [0.3, 0.4) is 0 Å². The van der Waals surface area contributed by atoms with Crippen LogP contribution in [-0.4, -0.2) is 36.2 Å². The largest absolute Gasteiger partial charge is 0.373 e. The summed E-state index contributed by atoms with van der Waals surface area (Å²) < 4.78 is 12.9. The van der Waals surface area contributed by atoms with E-state index in [1.54, 1.807) is 0 Å². The summed E-state index contributed by atoms with van der Waals surface area (Å²) in [6.45, 7) is 2.13. The van der Waals surface area contributed by atoms with Crippen LogP contribution in [-0.2, 0) is 6.54 Å². The summed E-state index contributed by atoms with van der Waals surface area (Å²) >= 11 is 0. The van der Waals surface area contributed by atoms with Gasteiger partial charge in [-0.25, -0.2) is 9.37 Å². The molecule has 0 aliphatic carbocycles. The molecular weight excluding hydrogens is 193 g/mol. The van der Waals surface area contributed by atoms with Crippen molar-refractivity contribution in [3.63, 3.8) is 0 Å². The van der Waals surface area contributed by atoms with Crippen LogP contribution >= 0.6 is 0 Å². The van der Waals surface area contributed by atoms with Gasteiger partial charge in [0.25, 0.3) is 0 Å². The lowest BCUT2D eigenvalue weighted by atomic mass is 10.3. The monoisotopic (exact) mass is 209 g/mol. The Labute approximate surface area is 89.3 Å². The van der Waals surface area contributed by atoms with Gasteiger partial charge in [-0.1, -0.05) is 6.07 Å². The molecule has 0 saturated carbocycles. The van der Waals surface area contributed by atoms with Gasteiger partial charge in [0, 0.05) is 26.7 Å². The summed E-state index contributed by atoms with van der Waals surface area (Å²) in [5, 5.41) is 3.00. The Morgan fingerprint density at radius 2 is 2.47 bits per heavy atom. The lowest BCUT2D eigenvalue weighted by Crippen LogP contribution is -2.21. The number of nitrogens with one attached hydrogen (secondary N) is 1. The van der Waals surface area contributed by atoms with E-state index in [2.05, 4.69) is 15.2 Å². The van der Waals surface area contributed by atoms with Crippen LogP contribution < -0.4 is 5.32 Å². The van der Waals surface area contributed by atoms with Crippen molar-refractivity contribution in [2.24, 2.45) is 0 Å². The Hall–Kier alpha value is -1.16. The molecular formula is C11H16FN3. The Morgan fingerprint density at radius 3 is 3.13 bits per heavy atom. The third-order valence-corrected chi connectivity index (χ3v) is 2.66. The summed E-state index contributed by atoms with van der Waals surface area (Å²) in [6.07, 6.45) is 0.00334. The van der Waals surface area contributed by atoms with E-state index in [-0.39, 0.29) is 0 Å². The van der Waals surface area contributed by atoms with E-state index in [0.717, 1.165) is 24.6 Å². The second-order valence-corrected chi connectivity index (χ2v) is 3.89. The van der Waals surface area contributed by atoms with E-state index in [0.29, 0.717) is 13.0 Å². The molecule has 1 aliphatic heterocycles. The molecule has 3 nitrogen and oxygen atoms in total. The first kappa shape index (κ1) is 10.4. The van der Waals surface area contributed by atoms with Crippen molar-refractivity contribution in [2.45, 2.75) is 19.1 Å². The highest BCUT2D eigenvalue weighted by atomic mass is 19.1. The molecule has 1 unspecified atom stereocenters. The highest BCUT2D eigenvalue weighted by molar-refractivity contribution is 5.34. The fourth-order valence-electron chi connectivity index (χ4n) is 1.86. The molecule has 2 heterocycles. The van der Waals surface area contributed by atoms with Gasteiger partial charge in [0.05, 0.1) is 5.69 Å². The molecule has 1 aliphatic rings. The molecule has 1 aromatic heterocycles. The van der Waals surface area contributed by atoms with Crippen LogP contribution in [0.15, 0.2) is 18.2 Å². The van der Waals surface area contributed by atoms with Gasteiger partial charge < -0.3 is 5.32 Å². The lowest BCUT2D eigenvalue weighted by Gasteiger charge is -2.14. The number of likely N-dealkylation sites (tertiary alicyclic amines) is 1. The minimum Gasteiger partial charge on any atom is -0.373 e. The zero-order valence-electron chi connectivity index (χ0n) is 8.91.